The molecule has 1 atom stereocenters. The molecule has 0 spiro atoms. The van der Waals surface area contributed by atoms with Crippen LogP contribution in [0.1, 0.15) is 67.7 Å². The van der Waals surface area contributed by atoms with Crippen LogP contribution in [0.25, 0.3) is 16.9 Å². The molecule has 1 saturated carbocycles. The summed E-state index contributed by atoms with van der Waals surface area (Å²) in [5, 5.41) is 6.83. The summed E-state index contributed by atoms with van der Waals surface area (Å²) >= 11 is 0. The molecule has 2 fully saturated rings. The van der Waals surface area contributed by atoms with E-state index in [4.69, 9.17) is 9.47 Å². The zero-order valence-electron chi connectivity index (χ0n) is 27.8. The van der Waals surface area contributed by atoms with Gasteiger partial charge in [-0.05, 0) is 89.4 Å². The second kappa shape index (κ2) is 12.1. The van der Waals surface area contributed by atoms with E-state index in [9.17, 15) is 22.8 Å². The number of anilines is 1. The highest BCUT2D eigenvalue weighted by molar-refractivity contribution is 6.00. The van der Waals surface area contributed by atoms with Crippen molar-refractivity contribution in [2.24, 2.45) is 0 Å². The van der Waals surface area contributed by atoms with E-state index in [2.05, 4.69) is 20.3 Å². The summed E-state index contributed by atoms with van der Waals surface area (Å²) in [5.41, 5.74) is 0.223. The number of benzene rings is 2. The van der Waals surface area contributed by atoms with Gasteiger partial charge in [0.1, 0.15) is 16.9 Å². The van der Waals surface area contributed by atoms with Crippen LogP contribution >= 0.6 is 0 Å². The van der Waals surface area contributed by atoms with Crippen LogP contribution in [0.15, 0.2) is 54.7 Å². The number of aromatic nitrogens is 3. The lowest BCUT2D eigenvalue weighted by molar-refractivity contribution is -0.143. The van der Waals surface area contributed by atoms with Crippen LogP contribution in [0.2, 0.25) is 0 Å². The van der Waals surface area contributed by atoms with Crippen LogP contribution in [-0.2, 0) is 16.5 Å². The van der Waals surface area contributed by atoms with Crippen molar-refractivity contribution < 1.29 is 32.2 Å². The van der Waals surface area contributed by atoms with Crippen molar-refractivity contribution in [2.75, 3.05) is 32.1 Å². The molecule has 2 aromatic carbocycles. The lowest BCUT2D eigenvalue weighted by Crippen LogP contribution is -2.56. The Hall–Kier alpha value is -4.65. The maximum atomic E-state index is 14.4. The SMILES string of the molecule is COc1ccc(-c2nc3c(C(=O)N4CCN(C5(c6cccc(NC(=O)OC(C)(C)C)c6)CC5)C[C@H]4C)cnn3c(C(F)(F)F)c2C)cc1. The van der Waals surface area contributed by atoms with E-state index in [1.54, 1.807) is 49.9 Å². The van der Waals surface area contributed by atoms with Gasteiger partial charge in [0, 0.05) is 48.0 Å². The monoisotopic (exact) mass is 664 g/mol. The van der Waals surface area contributed by atoms with Crippen molar-refractivity contribution >= 4 is 23.3 Å². The number of halogens is 3. The van der Waals surface area contributed by atoms with Gasteiger partial charge in [0.05, 0.1) is 19.0 Å². The smallest absolute Gasteiger partial charge is 0.433 e. The number of hydrogen-bond acceptors (Lipinski definition) is 7. The third-order valence-electron chi connectivity index (χ3n) is 9.01. The zero-order valence-corrected chi connectivity index (χ0v) is 27.8. The Morgan fingerprint density at radius 1 is 1.04 bits per heavy atom. The molecule has 2 aliphatic rings. The number of ether oxygens (including phenoxy) is 2. The van der Waals surface area contributed by atoms with Gasteiger partial charge in [-0.3, -0.25) is 15.0 Å². The highest BCUT2D eigenvalue weighted by Gasteiger charge is 2.51. The summed E-state index contributed by atoms with van der Waals surface area (Å²) in [7, 11) is 1.51. The Morgan fingerprint density at radius 2 is 1.75 bits per heavy atom. The Kier molecular flexibility index (Phi) is 8.39. The predicted octanol–water partition coefficient (Wildman–Crippen LogP) is 6.91. The van der Waals surface area contributed by atoms with E-state index in [-0.39, 0.29) is 34.0 Å². The number of nitrogens with zero attached hydrogens (tertiary/aromatic N) is 5. The highest BCUT2D eigenvalue weighted by atomic mass is 19.4. The van der Waals surface area contributed by atoms with Gasteiger partial charge in [-0.15, -0.1) is 0 Å². The second-order valence-corrected chi connectivity index (χ2v) is 13.5. The number of rotatable bonds is 6. The van der Waals surface area contributed by atoms with E-state index < -0.39 is 29.5 Å². The van der Waals surface area contributed by atoms with Crippen molar-refractivity contribution in [3.63, 3.8) is 0 Å². The molecule has 2 aromatic heterocycles. The number of fused-ring (bicyclic) bond motifs is 1. The fraction of sp³-hybridized carbons (Fsp3) is 0.429. The molecular weight excluding hydrogens is 625 g/mol. The summed E-state index contributed by atoms with van der Waals surface area (Å²) in [6.07, 6.45) is -2.23. The molecule has 3 heterocycles. The van der Waals surface area contributed by atoms with Crippen LogP contribution in [0.5, 0.6) is 5.75 Å². The minimum atomic E-state index is -4.74. The highest BCUT2D eigenvalue weighted by Crippen LogP contribution is 2.52. The Balaban J connectivity index is 1.25. The molecule has 4 aromatic rings. The molecule has 1 aliphatic heterocycles. The summed E-state index contributed by atoms with van der Waals surface area (Å²) < 4.78 is 54.6. The second-order valence-electron chi connectivity index (χ2n) is 13.5. The molecule has 1 N–H and O–H groups in total. The number of carbonyl (C=O) groups excluding carboxylic acids is 2. The lowest BCUT2D eigenvalue weighted by Gasteiger charge is -2.44. The molecule has 6 rings (SSSR count). The average Bonchev–Trinajstić information content (AvgIpc) is 3.73. The van der Waals surface area contributed by atoms with E-state index in [1.165, 1.54) is 20.2 Å². The first-order valence-electron chi connectivity index (χ1n) is 15.9. The van der Waals surface area contributed by atoms with Crippen LogP contribution in [-0.4, -0.2) is 74.8 Å². The summed E-state index contributed by atoms with van der Waals surface area (Å²) in [4.78, 5) is 35.0. The van der Waals surface area contributed by atoms with E-state index in [1.807, 2.05) is 31.2 Å². The molecule has 48 heavy (non-hydrogen) atoms. The van der Waals surface area contributed by atoms with Gasteiger partial charge in [-0.25, -0.2) is 14.3 Å². The Labute approximate surface area is 276 Å². The van der Waals surface area contributed by atoms with E-state index in [0.29, 0.717) is 36.6 Å². The molecule has 1 saturated heterocycles. The minimum Gasteiger partial charge on any atom is -0.497 e. The first-order chi connectivity index (χ1) is 22.6. The van der Waals surface area contributed by atoms with Crippen LogP contribution in [0, 0.1) is 6.92 Å². The normalized spacial score (nSPS) is 18.1. The van der Waals surface area contributed by atoms with Crippen LogP contribution in [0.4, 0.5) is 23.7 Å². The fourth-order valence-corrected chi connectivity index (χ4v) is 6.60. The number of amides is 2. The van der Waals surface area contributed by atoms with Gasteiger partial charge in [0.15, 0.2) is 11.3 Å². The summed E-state index contributed by atoms with van der Waals surface area (Å²) in [6.45, 7) is 10.2. The van der Waals surface area contributed by atoms with Gasteiger partial charge in [-0.1, -0.05) is 12.1 Å². The van der Waals surface area contributed by atoms with Crippen LogP contribution in [0.3, 0.4) is 0 Å². The number of alkyl halides is 3. The topological polar surface area (TPSA) is 101 Å². The van der Waals surface area contributed by atoms with Crippen molar-refractivity contribution in [3.8, 4) is 17.0 Å². The number of piperazine rings is 1. The van der Waals surface area contributed by atoms with Crippen molar-refractivity contribution in [2.45, 2.75) is 70.8 Å². The fourth-order valence-electron chi connectivity index (χ4n) is 6.60. The quantitative estimate of drug-likeness (QED) is 0.239. The summed E-state index contributed by atoms with van der Waals surface area (Å²) in [6, 6.07) is 14.1. The van der Waals surface area contributed by atoms with Crippen LogP contribution < -0.4 is 10.1 Å². The molecule has 2 amide bonds. The van der Waals surface area contributed by atoms with Crippen molar-refractivity contribution in [3.05, 3.63) is 77.1 Å². The third kappa shape index (κ3) is 6.30. The summed E-state index contributed by atoms with van der Waals surface area (Å²) in [5.74, 6) is 0.135. The van der Waals surface area contributed by atoms with E-state index in [0.717, 1.165) is 22.9 Å². The molecule has 13 heteroatoms. The molecule has 0 radical (unpaired) electrons. The van der Waals surface area contributed by atoms with Gasteiger partial charge in [0.25, 0.3) is 5.91 Å². The largest absolute Gasteiger partial charge is 0.497 e. The Bertz CT molecular complexity index is 1860. The molecular formula is C35H39F3N6O4. The van der Waals surface area contributed by atoms with Gasteiger partial charge < -0.3 is 14.4 Å². The maximum absolute atomic E-state index is 14.4. The maximum Gasteiger partial charge on any atom is 0.433 e. The number of carbonyl (C=O) groups is 2. The minimum absolute atomic E-state index is 0.0117. The molecule has 10 nitrogen and oxygen atoms in total. The average molecular weight is 665 g/mol. The van der Waals surface area contributed by atoms with Gasteiger partial charge >= 0.3 is 12.3 Å². The van der Waals surface area contributed by atoms with Crippen molar-refractivity contribution in [1.82, 2.24) is 24.4 Å². The first-order valence-corrected chi connectivity index (χ1v) is 15.9. The van der Waals surface area contributed by atoms with E-state index >= 15 is 0 Å². The lowest BCUT2D eigenvalue weighted by atomic mass is 9.99. The zero-order chi connectivity index (χ0) is 34.6. The molecule has 254 valence electrons. The standard InChI is InChI=1S/C35H39F3N6O4/c1-21-20-42(34(14-15-34)24-8-7-9-25(18-24)40-32(46)48-33(3,4)5)16-17-43(21)31(45)27-19-39-44-29(35(36,37)38)22(2)28(41-30(27)44)23-10-12-26(47-6)13-11-23/h7-13,18-19,21H,14-17,20H2,1-6H3,(H,40,46)/t21-/m1/s1. The van der Waals surface area contributed by atoms with Crippen molar-refractivity contribution in [1.29, 1.82) is 0 Å². The molecule has 0 unspecified atom stereocenters. The number of methoxy groups -OCH3 is 1. The van der Waals surface area contributed by atoms with Gasteiger partial charge in [0.2, 0.25) is 0 Å². The predicted molar refractivity (Wildman–Crippen MR) is 174 cm³/mol. The van der Waals surface area contributed by atoms with Gasteiger partial charge in [-0.2, -0.15) is 18.3 Å². The third-order valence-corrected chi connectivity index (χ3v) is 9.01. The number of hydrogen-bond donors (Lipinski definition) is 1. The first kappa shape index (κ1) is 33.3. The Morgan fingerprint density at radius 3 is 2.35 bits per heavy atom. The molecule has 1 aliphatic carbocycles. The number of nitrogens with one attached hydrogen (secondary N) is 1. The molecule has 0 bridgehead atoms.